The maximum Gasteiger partial charge on any atom is 0.351 e. The van der Waals surface area contributed by atoms with Gasteiger partial charge in [0.1, 0.15) is 24.8 Å². The summed E-state index contributed by atoms with van der Waals surface area (Å²) in [5, 5.41) is 0. The van der Waals surface area contributed by atoms with Crippen LogP contribution in [-0.4, -0.2) is 35.3 Å². The van der Waals surface area contributed by atoms with Crippen LogP contribution in [-0.2, 0) is 25.7 Å². The number of esters is 2. The average Bonchev–Trinajstić information content (AvgIpc) is 3.37. The number of imidazole rings is 2. The summed E-state index contributed by atoms with van der Waals surface area (Å²) in [6.45, 7) is 8.77. The fraction of sp³-hybridized carbons (Fsp3) is 0.619. The third kappa shape index (κ3) is 5.25. The van der Waals surface area contributed by atoms with E-state index in [0.717, 1.165) is 12.8 Å². The maximum atomic E-state index is 12.2. The Labute approximate surface area is 172 Å². The average molecular weight is 407 g/mol. The number of rotatable bonds is 10. The van der Waals surface area contributed by atoms with Crippen LogP contribution in [0.3, 0.4) is 0 Å². The van der Waals surface area contributed by atoms with Gasteiger partial charge in [-0.15, -0.1) is 0 Å². The Bertz CT molecular complexity index is 747. The number of hydrogen-bond donors (Lipinski definition) is 0. The zero-order chi connectivity index (χ0) is 21.6. The molecule has 0 aromatic carbocycles. The first-order chi connectivity index (χ1) is 13.9. The zero-order valence-corrected chi connectivity index (χ0v) is 18.3. The Morgan fingerprint density at radius 1 is 0.828 bits per heavy atom. The van der Waals surface area contributed by atoms with Crippen molar-refractivity contribution in [2.75, 3.05) is 14.2 Å². The zero-order valence-electron chi connectivity index (χ0n) is 18.3. The molecule has 0 fully saturated rings. The molecular formula is C21H34N4O4+2. The number of methoxy groups -OCH3 is 2. The molecule has 0 unspecified atom stereocenters. The van der Waals surface area contributed by atoms with Gasteiger partial charge in [0.05, 0.1) is 14.2 Å². The van der Waals surface area contributed by atoms with Crippen LogP contribution in [0.25, 0.3) is 0 Å². The highest BCUT2D eigenvalue weighted by Crippen LogP contribution is 2.22. The van der Waals surface area contributed by atoms with Gasteiger partial charge in [0.15, 0.2) is 12.1 Å². The molecule has 0 aliphatic carbocycles. The van der Waals surface area contributed by atoms with Gasteiger partial charge in [-0.1, -0.05) is 27.7 Å². The lowest BCUT2D eigenvalue weighted by molar-refractivity contribution is -0.912. The van der Waals surface area contributed by atoms with Crippen molar-refractivity contribution in [2.45, 2.75) is 59.3 Å². The first kappa shape index (κ1) is 22.6. The lowest BCUT2D eigenvalue weighted by Gasteiger charge is -2.17. The van der Waals surface area contributed by atoms with Crippen LogP contribution in [0.4, 0.5) is 0 Å². The number of carbonyl (C=O) groups is 2. The predicted molar refractivity (Wildman–Crippen MR) is 106 cm³/mol. The molecule has 0 amide bonds. The van der Waals surface area contributed by atoms with Crippen molar-refractivity contribution in [3.8, 4) is 0 Å². The molecule has 0 radical (unpaired) electrons. The van der Waals surface area contributed by atoms with Crippen LogP contribution in [0.5, 0.6) is 0 Å². The van der Waals surface area contributed by atoms with E-state index >= 15 is 0 Å². The van der Waals surface area contributed by atoms with Crippen LogP contribution in [0.15, 0.2) is 37.4 Å². The van der Waals surface area contributed by atoms with E-state index in [1.165, 1.54) is 14.2 Å². The fourth-order valence-electron chi connectivity index (χ4n) is 3.49. The van der Waals surface area contributed by atoms with E-state index in [1.54, 1.807) is 0 Å². The predicted octanol–water partition coefficient (Wildman–Crippen LogP) is 1.89. The van der Waals surface area contributed by atoms with Crippen LogP contribution >= 0.6 is 0 Å². The molecule has 8 nitrogen and oxygen atoms in total. The minimum atomic E-state index is -0.352. The van der Waals surface area contributed by atoms with E-state index in [4.69, 9.17) is 9.47 Å². The Morgan fingerprint density at radius 3 is 1.52 bits per heavy atom. The summed E-state index contributed by atoms with van der Waals surface area (Å²) in [7, 11) is 2.84. The smallest absolute Gasteiger partial charge is 0.351 e. The van der Waals surface area contributed by atoms with Crippen molar-refractivity contribution in [1.82, 2.24) is 9.13 Å². The van der Waals surface area contributed by atoms with Crippen LogP contribution in [0.2, 0.25) is 0 Å². The largest absolute Gasteiger partial charge is 0.466 e. The topological polar surface area (TPSA) is 70.2 Å². The molecule has 29 heavy (non-hydrogen) atoms. The Hall–Kier alpha value is -2.64. The van der Waals surface area contributed by atoms with Crippen molar-refractivity contribution in [3.05, 3.63) is 37.4 Å². The maximum absolute atomic E-state index is 12.2. The molecule has 0 aliphatic rings. The Kier molecular flexibility index (Phi) is 7.99. The third-order valence-corrected chi connectivity index (χ3v) is 5.64. The molecule has 0 aliphatic heterocycles. The van der Waals surface area contributed by atoms with E-state index in [0.29, 0.717) is 6.67 Å². The SMILES string of the molecule is CC[C@H](C)[C@@H](C(=O)OC)n1cc[n+](C[n+]2ccn([C@H](C(=O)OC)[C@@H](C)CC)c2)c1. The number of ether oxygens (including phenoxy) is 2. The molecular weight excluding hydrogens is 372 g/mol. The molecule has 4 atom stereocenters. The van der Waals surface area contributed by atoms with Gasteiger partial charge in [0, 0.05) is 11.8 Å². The van der Waals surface area contributed by atoms with E-state index in [9.17, 15) is 9.59 Å². The quantitative estimate of drug-likeness (QED) is 0.446. The van der Waals surface area contributed by atoms with Crippen LogP contribution in [0, 0.1) is 11.8 Å². The molecule has 2 rings (SSSR count). The third-order valence-electron chi connectivity index (χ3n) is 5.64. The van der Waals surface area contributed by atoms with Gasteiger partial charge >= 0.3 is 11.9 Å². The summed E-state index contributed by atoms with van der Waals surface area (Å²) in [5.41, 5.74) is 0. The first-order valence-electron chi connectivity index (χ1n) is 10.1. The van der Waals surface area contributed by atoms with Crippen LogP contribution in [0.1, 0.15) is 52.6 Å². The Morgan fingerprint density at radius 2 is 1.21 bits per heavy atom. The number of nitrogens with zero attached hydrogens (tertiary/aromatic N) is 4. The number of carbonyl (C=O) groups excluding carboxylic acids is 2. The van der Waals surface area contributed by atoms with Gasteiger partial charge in [-0.3, -0.25) is 0 Å². The summed E-state index contributed by atoms with van der Waals surface area (Å²) in [4.78, 5) is 24.5. The van der Waals surface area contributed by atoms with E-state index in [2.05, 4.69) is 13.8 Å². The van der Waals surface area contributed by atoms with E-state index in [-0.39, 0.29) is 35.9 Å². The number of hydrogen-bond acceptors (Lipinski definition) is 4. The molecule has 0 N–H and O–H groups in total. The summed E-state index contributed by atoms with van der Waals surface area (Å²) in [6.07, 6.45) is 13.2. The minimum absolute atomic E-state index is 0.161. The molecule has 2 aromatic heterocycles. The summed E-state index contributed by atoms with van der Waals surface area (Å²) < 4.78 is 17.7. The van der Waals surface area contributed by atoms with Crippen molar-refractivity contribution < 1.29 is 28.2 Å². The molecule has 0 bridgehead atoms. The van der Waals surface area contributed by atoms with Crippen LogP contribution < -0.4 is 9.13 Å². The van der Waals surface area contributed by atoms with Crippen molar-refractivity contribution in [3.63, 3.8) is 0 Å². The molecule has 2 aromatic rings. The monoisotopic (exact) mass is 406 g/mol. The minimum Gasteiger partial charge on any atom is -0.466 e. The molecule has 0 saturated carbocycles. The second-order valence-electron chi connectivity index (χ2n) is 7.60. The summed E-state index contributed by atoms with van der Waals surface area (Å²) in [5.74, 6) is -0.160. The molecule has 0 spiro atoms. The number of aromatic nitrogens is 4. The van der Waals surface area contributed by atoms with Gasteiger partial charge < -0.3 is 9.47 Å². The van der Waals surface area contributed by atoms with Gasteiger partial charge in [0.2, 0.25) is 19.3 Å². The van der Waals surface area contributed by atoms with Gasteiger partial charge in [0.25, 0.3) is 0 Å². The Balaban J connectivity index is 2.20. The summed E-state index contributed by atoms with van der Waals surface area (Å²) >= 11 is 0. The van der Waals surface area contributed by atoms with Gasteiger partial charge in [-0.2, -0.15) is 9.13 Å². The molecule has 8 heteroatoms. The van der Waals surface area contributed by atoms with Crippen molar-refractivity contribution >= 4 is 11.9 Å². The van der Waals surface area contributed by atoms with Crippen molar-refractivity contribution in [1.29, 1.82) is 0 Å². The van der Waals surface area contributed by atoms with Gasteiger partial charge in [-0.05, 0) is 12.8 Å². The van der Waals surface area contributed by atoms with E-state index in [1.807, 2.05) is 69.6 Å². The lowest BCUT2D eigenvalue weighted by Crippen LogP contribution is -2.50. The van der Waals surface area contributed by atoms with Crippen molar-refractivity contribution in [2.24, 2.45) is 11.8 Å². The highest BCUT2D eigenvalue weighted by molar-refractivity contribution is 5.74. The fourth-order valence-corrected chi connectivity index (χ4v) is 3.49. The normalized spacial score (nSPS) is 15.4. The highest BCUT2D eigenvalue weighted by Gasteiger charge is 2.33. The second kappa shape index (κ2) is 10.2. The molecule has 0 saturated heterocycles. The molecule has 2 heterocycles. The van der Waals surface area contributed by atoms with E-state index < -0.39 is 0 Å². The molecule has 160 valence electrons. The summed E-state index contributed by atoms with van der Waals surface area (Å²) in [6, 6.07) is -0.704. The standard InChI is InChI=1S/C21H34N4O4/c1-7-16(3)18(20(26)28-5)24-11-9-22(14-24)13-23-10-12-25(15-23)19(17(4)8-2)21(27)29-6/h9-12,14-19H,7-8,13H2,1-6H3/q+2/t16-,17-,18-,19-/m0/s1. The lowest BCUT2D eigenvalue weighted by atomic mass is 9.99. The first-order valence-corrected chi connectivity index (χ1v) is 10.1. The highest BCUT2D eigenvalue weighted by atomic mass is 16.5. The van der Waals surface area contributed by atoms with Gasteiger partial charge in [-0.25, -0.2) is 18.7 Å². The second-order valence-corrected chi connectivity index (χ2v) is 7.60.